The minimum atomic E-state index is -0.636. The van der Waals surface area contributed by atoms with E-state index < -0.39 is 17.3 Å². The molecule has 31 heavy (non-hydrogen) atoms. The molecule has 2 amide bonds. The Hall–Kier alpha value is -2.35. The monoisotopic (exact) mass is 437 g/mol. The van der Waals surface area contributed by atoms with Crippen LogP contribution in [0.3, 0.4) is 0 Å². The molecule has 1 aliphatic heterocycles. The number of piperidine rings is 1. The normalized spacial score (nSPS) is 15.0. The smallest absolute Gasteiger partial charge is 0.410 e. The second kappa shape index (κ2) is 11.3. The maximum absolute atomic E-state index is 14.3. The summed E-state index contributed by atoms with van der Waals surface area (Å²) in [4.78, 5) is 26.0. The van der Waals surface area contributed by atoms with Gasteiger partial charge in [-0.2, -0.15) is 0 Å². The lowest BCUT2D eigenvalue weighted by Crippen LogP contribution is -2.41. The number of amides is 2. The Morgan fingerprint density at radius 3 is 2.52 bits per heavy atom. The number of hydrogen-bond acceptors (Lipinski definition) is 5. The van der Waals surface area contributed by atoms with E-state index in [1.807, 2.05) is 27.7 Å². The number of hydrazine groups is 1. The second-order valence-corrected chi connectivity index (χ2v) is 9.04. The van der Waals surface area contributed by atoms with Gasteiger partial charge in [-0.15, -0.1) is 0 Å². The SMILES string of the molecule is CCCN(N)C(=O)c1ccc(OCCCC2CCN(C(=O)OC(C)(C)C)CC2)cc1F. The standard InChI is InChI=1S/C23H36FN3O4/c1-5-12-27(25)21(28)19-9-8-18(16-20(19)24)30-15-6-7-17-10-13-26(14-11-17)22(29)31-23(2,3)4/h8-9,16-17H,5-7,10-15,25H2,1-4H3. The lowest BCUT2D eigenvalue weighted by atomic mass is 9.92. The first kappa shape index (κ1) is 24.9. The Morgan fingerprint density at radius 1 is 1.26 bits per heavy atom. The highest BCUT2D eigenvalue weighted by molar-refractivity contribution is 5.94. The van der Waals surface area contributed by atoms with E-state index in [2.05, 4.69) is 0 Å². The van der Waals surface area contributed by atoms with Crippen molar-refractivity contribution in [3.05, 3.63) is 29.6 Å². The maximum Gasteiger partial charge on any atom is 0.410 e. The molecule has 1 aliphatic rings. The van der Waals surface area contributed by atoms with E-state index in [1.165, 1.54) is 12.1 Å². The molecule has 0 bridgehead atoms. The van der Waals surface area contributed by atoms with Gasteiger partial charge in [-0.05, 0) is 70.9 Å². The van der Waals surface area contributed by atoms with Crippen molar-refractivity contribution >= 4 is 12.0 Å². The van der Waals surface area contributed by atoms with Gasteiger partial charge in [-0.25, -0.2) is 15.0 Å². The number of benzene rings is 1. The molecule has 0 unspecified atom stereocenters. The van der Waals surface area contributed by atoms with Crippen molar-refractivity contribution in [1.29, 1.82) is 0 Å². The number of likely N-dealkylation sites (tertiary alicyclic amines) is 1. The Kier molecular flexibility index (Phi) is 9.10. The third-order valence-corrected chi connectivity index (χ3v) is 5.19. The minimum absolute atomic E-state index is 0.0555. The van der Waals surface area contributed by atoms with Crippen LogP contribution in [-0.2, 0) is 4.74 Å². The van der Waals surface area contributed by atoms with Crippen LogP contribution < -0.4 is 10.6 Å². The van der Waals surface area contributed by atoms with Gasteiger partial charge in [0.25, 0.3) is 5.91 Å². The van der Waals surface area contributed by atoms with E-state index >= 15 is 0 Å². The van der Waals surface area contributed by atoms with Gasteiger partial charge in [-0.3, -0.25) is 9.80 Å². The summed E-state index contributed by atoms with van der Waals surface area (Å²) >= 11 is 0. The van der Waals surface area contributed by atoms with Crippen LogP contribution >= 0.6 is 0 Å². The summed E-state index contributed by atoms with van der Waals surface area (Å²) < 4.78 is 25.4. The predicted octanol–water partition coefficient (Wildman–Crippen LogP) is 4.36. The first-order valence-corrected chi connectivity index (χ1v) is 11.1. The molecule has 0 spiro atoms. The fourth-order valence-corrected chi connectivity index (χ4v) is 3.55. The van der Waals surface area contributed by atoms with Crippen molar-refractivity contribution in [1.82, 2.24) is 9.91 Å². The van der Waals surface area contributed by atoms with Gasteiger partial charge in [0, 0.05) is 25.7 Å². The van der Waals surface area contributed by atoms with Crippen molar-refractivity contribution in [2.75, 3.05) is 26.2 Å². The summed E-state index contributed by atoms with van der Waals surface area (Å²) in [5.41, 5.74) is -0.532. The first-order chi connectivity index (χ1) is 14.6. The van der Waals surface area contributed by atoms with Gasteiger partial charge in [0.05, 0.1) is 12.2 Å². The van der Waals surface area contributed by atoms with E-state index in [4.69, 9.17) is 15.3 Å². The fraction of sp³-hybridized carbons (Fsp3) is 0.652. The van der Waals surface area contributed by atoms with Crippen LogP contribution in [-0.4, -0.2) is 53.8 Å². The van der Waals surface area contributed by atoms with Crippen molar-refractivity contribution in [2.24, 2.45) is 11.8 Å². The van der Waals surface area contributed by atoms with Crippen LogP contribution in [0.15, 0.2) is 18.2 Å². The van der Waals surface area contributed by atoms with E-state index in [0.717, 1.165) is 30.7 Å². The molecule has 7 nitrogen and oxygen atoms in total. The molecule has 1 saturated heterocycles. The van der Waals surface area contributed by atoms with Crippen molar-refractivity contribution in [3.8, 4) is 5.75 Å². The van der Waals surface area contributed by atoms with Gasteiger partial charge in [0.15, 0.2) is 0 Å². The number of nitrogens with two attached hydrogens (primary N) is 1. The number of carbonyl (C=O) groups is 2. The molecule has 8 heteroatoms. The van der Waals surface area contributed by atoms with Crippen LogP contribution in [0, 0.1) is 11.7 Å². The summed E-state index contributed by atoms with van der Waals surface area (Å²) in [7, 11) is 0. The molecular weight excluding hydrogens is 401 g/mol. The first-order valence-electron chi connectivity index (χ1n) is 11.1. The van der Waals surface area contributed by atoms with Gasteiger partial charge >= 0.3 is 6.09 Å². The molecule has 0 atom stereocenters. The predicted molar refractivity (Wildman–Crippen MR) is 117 cm³/mol. The Bertz CT molecular complexity index is 743. The molecule has 0 aliphatic carbocycles. The largest absolute Gasteiger partial charge is 0.493 e. The van der Waals surface area contributed by atoms with Gasteiger partial charge in [-0.1, -0.05) is 6.92 Å². The zero-order valence-corrected chi connectivity index (χ0v) is 19.2. The Balaban J connectivity index is 1.71. The maximum atomic E-state index is 14.3. The lowest BCUT2D eigenvalue weighted by molar-refractivity contribution is 0.0179. The molecule has 1 aromatic carbocycles. The number of ether oxygens (including phenoxy) is 2. The van der Waals surface area contributed by atoms with Gasteiger partial charge in [0.2, 0.25) is 0 Å². The van der Waals surface area contributed by atoms with E-state index in [-0.39, 0.29) is 11.7 Å². The number of carbonyl (C=O) groups excluding carboxylic acids is 2. The zero-order valence-electron chi connectivity index (χ0n) is 19.2. The van der Waals surface area contributed by atoms with Crippen LogP contribution in [0.5, 0.6) is 5.75 Å². The van der Waals surface area contributed by atoms with E-state index in [1.54, 1.807) is 11.0 Å². The van der Waals surface area contributed by atoms with Crippen LogP contribution in [0.4, 0.5) is 9.18 Å². The summed E-state index contributed by atoms with van der Waals surface area (Å²) in [5, 5.41) is 1.02. The quantitative estimate of drug-likeness (QED) is 0.283. The molecule has 1 heterocycles. The number of nitrogens with zero attached hydrogens (tertiary/aromatic N) is 2. The highest BCUT2D eigenvalue weighted by atomic mass is 19.1. The molecule has 0 aromatic heterocycles. The average Bonchev–Trinajstić information content (AvgIpc) is 2.70. The summed E-state index contributed by atoms with van der Waals surface area (Å²) in [6, 6.07) is 4.23. The van der Waals surface area contributed by atoms with E-state index in [0.29, 0.717) is 44.3 Å². The molecule has 2 rings (SSSR count). The topological polar surface area (TPSA) is 85.1 Å². The van der Waals surface area contributed by atoms with Crippen LogP contribution in [0.25, 0.3) is 0 Å². The number of halogens is 1. The van der Waals surface area contributed by atoms with Crippen LogP contribution in [0.1, 0.15) is 70.2 Å². The van der Waals surface area contributed by atoms with Crippen LogP contribution in [0.2, 0.25) is 0 Å². The molecule has 1 fully saturated rings. The number of rotatable bonds is 8. The molecule has 0 saturated carbocycles. The number of hydrogen-bond donors (Lipinski definition) is 1. The third-order valence-electron chi connectivity index (χ3n) is 5.19. The highest BCUT2D eigenvalue weighted by Crippen LogP contribution is 2.24. The Morgan fingerprint density at radius 2 is 1.94 bits per heavy atom. The Labute approximate surface area is 184 Å². The molecule has 0 radical (unpaired) electrons. The van der Waals surface area contributed by atoms with Gasteiger partial charge < -0.3 is 14.4 Å². The fourth-order valence-electron chi connectivity index (χ4n) is 3.55. The third kappa shape index (κ3) is 8.01. The molecule has 2 N–H and O–H groups in total. The average molecular weight is 438 g/mol. The zero-order chi connectivity index (χ0) is 23.0. The van der Waals surface area contributed by atoms with Crippen molar-refractivity contribution in [3.63, 3.8) is 0 Å². The van der Waals surface area contributed by atoms with Crippen molar-refractivity contribution < 1.29 is 23.5 Å². The molecule has 174 valence electrons. The summed E-state index contributed by atoms with van der Waals surface area (Å²) in [6.07, 6.45) is 4.17. The van der Waals surface area contributed by atoms with Crippen molar-refractivity contribution in [2.45, 2.75) is 65.4 Å². The molecule has 1 aromatic rings. The summed E-state index contributed by atoms with van der Waals surface area (Å²) in [6.45, 7) is 9.75. The minimum Gasteiger partial charge on any atom is -0.493 e. The lowest BCUT2D eigenvalue weighted by Gasteiger charge is -2.33. The van der Waals surface area contributed by atoms with Gasteiger partial charge in [0.1, 0.15) is 17.2 Å². The highest BCUT2D eigenvalue weighted by Gasteiger charge is 2.26. The van der Waals surface area contributed by atoms with E-state index in [9.17, 15) is 14.0 Å². The molecular formula is C23H36FN3O4. The summed E-state index contributed by atoms with van der Waals surface area (Å²) in [5.74, 6) is 5.40. The second-order valence-electron chi connectivity index (χ2n) is 9.04.